The molecule has 1 aliphatic rings. The number of likely N-dealkylation sites (N-methyl/N-ethyl adjacent to an activating group) is 1. The van der Waals surface area contributed by atoms with Gasteiger partial charge in [0.05, 0.1) is 5.54 Å². The number of hydrogen-bond acceptors (Lipinski definition) is 4. The van der Waals surface area contributed by atoms with Crippen molar-refractivity contribution in [2.75, 3.05) is 27.2 Å². The molecule has 0 aliphatic heterocycles. The van der Waals surface area contributed by atoms with Gasteiger partial charge in [-0.15, -0.1) is 0 Å². The number of nitrogens with one attached hydrogen (secondary N) is 2. The molecule has 0 aromatic rings. The van der Waals surface area contributed by atoms with Crippen LogP contribution >= 0.6 is 0 Å². The second-order valence-corrected chi connectivity index (χ2v) is 7.50. The van der Waals surface area contributed by atoms with Crippen molar-refractivity contribution in [1.29, 1.82) is 0 Å². The van der Waals surface area contributed by atoms with Crippen LogP contribution in [0.3, 0.4) is 0 Å². The molecule has 1 saturated carbocycles. The highest BCUT2D eigenvalue weighted by Gasteiger charge is 2.36. The summed E-state index contributed by atoms with van der Waals surface area (Å²) in [7, 11) is 3.89. The molecular formula is C17H31N3O3. The van der Waals surface area contributed by atoms with E-state index in [1.54, 1.807) is 0 Å². The number of amides is 2. The molecule has 1 rings (SSSR count). The summed E-state index contributed by atoms with van der Waals surface area (Å²) >= 11 is 0. The Balaban J connectivity index is 2.52. The van der Waals surface area contributed by atoms with Crippen LogP contribution in [0.15, 0.2) is 12.2 Å². The molecule has 0 spiro atoms. The summed E-state index contributed by atoms with van der Waals surface area (Å²) < 4.78 is 5.34. The highest BCUT2D eigenvalue weighted by molar-refractivity contribution is 5.87. The molecule has 23 heavy (non-hydrogen) atoms. The number of carbonyl (C=O) groups excluding carboxylic acids is 2. The Morgan fingerprint density at radius 2 is 1.83 bits per heavy atom. The SMILES string of the molecule is CN(C)C/C=C/C(=O)NCC1(NC(=O)OC(C)(C)C)CCCC1. The van der Waals surface area contributed by atoms with E-state index >= 15 is 0 Å². The van der Waals surface area contributed by atoms with Crippen LogP contribution in [0.25, 0.3) is 0 Å². The van der Waals surface area contributed by atoms with Crippen molar-refractivity contribution in [3.05, 3.63) is 12.2 Å². The van der Waals surface area contributed by atoms with E-state index in [2.05, 4.69) is 10.6 Å². The Morgan fingerprint density at radius 3 is 2.35 bits per heavy atom. The van der Waals surface area contributed by atoms with Crippen LogP contribution < -0.4 is 10.6 Å². The third kappa shape index (κ3) is 8.02. The lowest BCUT2D eigenvalue weighted by Gasteiger charge is -2.31. The molecular weight excluding hydrogens is 294 g/mol. The monoisotopic (exact) mass is 325 g/mol. The van der Waals surface area contributed by atoms with Crippen molar-refractivity contribution >= 4 is 12.0 Å². The molecule has 0 saturated heterocycles. The van der Waals surface area contributed by atoms with Gasteiger partial charge in [0.25, 0.3) is 0 Å². The van der Waals surface area contributed by atoms with Crippen LogP contribution in [-0.2, 0) is 9.53 Å². The van der Waals surface area contributed by atoms with Crippen molar-refractivity contribution in [3.63, 3.8) is 0 Å². The van der Waals surface area contributed by atoms with Crippen molar-refractivity contribution < 1.29 is 14.3 Å². The van der Waals surface area contributed by atoms with Gasteiger partial charge >= 0.3 is 6.09 Å². The first-order valence-electron chi connectivity index (χ1n) is 8.22. The first-order chi connectivity index (χ1) is 10.6. The van der Waals surface area contributed by atoms with Gasteiger partial charge in [-0.05, 0) is 47.7 Å². The molecule has 0 bridgehead atoms. The molecule has 0 aromatic heterocycles. The number of carbonyl (C=O) groups is 2. The smallest absolute Gasteiger partial charge is 0.408 e. The fourth-order valence-corrected chi connectivity index (χ4v) is 2.60. The molecule has 6 heteroatoms. The molecule has 0 atom stereocenters. The first kappa shape index (κ1) is 19.5. The molecule has 132 valence electrons. The molecule has 1 aliphatic carbocycles. The Hall–Kier alpha value is -1.56. The van der Waals surface area contributed by atoms with E-state index in [-0.39, 0.29) is 5.91 Å². The number of hydrogen-bond donors (Lipinski definition) is 2. The molecule has 1 fully saturated rings. The van der Waals surface area contributed by atoms with Crippen molar-refractivity contribution in [1.82, 2.24) is 15.5 Å². The normalized spacial score (nSPS) is 17.5. The maximum atomic E-state index is 12.0. The summed E-state index contributed by atoms with van der Waals surface area (Å²) in [5, 5.41) is 5.86. The highest BCUT2D eigenvalue weighted by Crippen LogP contribution is 2.29. The van der Waals surface area contributed by atoms with E-state index in [1.807, 2.05) is 45.8 Å². The standard InChI is InChI=1S/C17H31N3O3/c1-16(2,3)23-15(22)19-17(10-6-7-11-17)13-18-14(21)9-8-12-20(4)5/h8-9H,6-7,10-13H2,1-5H3,(H,18,21)(H,19,22)/b9-8+. The lowest BCUT2D eigenvalue weighted by Crippen LogP contribution is -2.54. The zero-order chi connectivity index (χ0) is 17.5. The molecule has 0 aromatic carbocycles. The molecule has 2 amide bonds. The van der Waals surface area contributed by atoms with Crippen LogP contribution in [0.4, 0.5) is 4.79 Å². The lowest BCUT2D eigenvalue weighted by atomic mass is 9.97. The maximum absolute atomic E-state index is 12.0. The molecule has 0 radical (unpaired) electrons. The second kappa shape index (κ2) is 8.34. The molecule has 0 unspecified atom stereocenters. The van der Waals surface area contributed by atoms with E-state index in [9.17, 15) is 9.59 Å². The van der Waals surface area contributed by atoms with Crippen LogP contribution in [0, 0.1) is 0 Å². The Labute approximate surface area is 139 Å². The van der Waals surface area contributed by atoms with Crippen LogP contribution in [0.2, 0.25) is 0 Å². The average Bonchev–Trinajstić information content (AvgIpc) is 2.82. The number of ether oxygens (including phenoxy) is 1. The summed E-state index contributed by atoms with van der Waals surface area (Å²) in [4.78, 5) is 25.9. The van der Waals surface area contributed by atoms with Gasteiger partial charge in [-0.3, -0.25) is 4.79 Å². The summed E-state index contributed by atoms with van der Waals surface area (Å²) in [5.74, 6) is -0.135. The topological polar surface area (TPSA) is 70.7 Å². The Morgan fingerprint density at radius 1 is 1.22 bits per heavy atom. The Bertz CT molecular complexity index is 433. The van der Waals surface area contributed by atoms with Gasteiger partial charge in [0.2, 0.25) is 5.91 Å². The quantitative estimate of drug-likeness (QED) is 0.733. The minimum Gasteiger partial charge on any atom is -0.444 e. The second-order valence-electron chi connectivity index (χ2n) is 7.50. The van der Waals surface area contributed by atoms with Crippen LogP contribution in [0.5, 0.6) is 0 Å². The number of nitrogens with zero attached hydrogens (tertiary/aromatic N) is 1. The average molecular weight is 325 g/mol. The van der Waals surface area contributed by atoms with Crippen LogP contribution in [0.1, 0.15) is 46.5 Å². The minimum atomic E-state index is -0.526. The number of rotatable bonds is 6. The largest absolute Gasteiger partial charge is 0.444 e. The van der Waals surface area contributed by atoms with Gasteiger partial charge in [0, 0.05) is 19.2 Å². The lowest BCUT2D eigenvalue weighted by molar-refractivity contribution is -0.116. The van der Waals surface area contributed by atoms with Gasteiger partial charge in [-0.25, -0.2) is 4.79 Å². The van der Waals surface area contributed by atoms with Gasteiger partial charge in [0.1, 0.15) is 5.60 Å². The Kier molecular flexibility index (Phi) is 7.06. The summed E-state index contributed by atoms with van der Waals surface area (Å²) in [5.41, 5.74) is -0.921. The van der Waals surface area contributed by atoms with E-state index in [0.717, 1.165) is 25.7 Å². The van der Waals surface area contributed by atoms with E-state index in [1.165, 1.54) is 6.08 Å². The highest BCUT2D eigenvalue weighted by atomic mass is 16.6. The predicted molar refractivity (Wildman–Crippen MR) is 91.3 cm³/mol. The van der Waals surface area contributed by atoms with Gasteiger partial charge < -0.3 is 20.3 Å². The molecule has 0 heterocycles. The summed E-state index contributed by atoms with van der Waals surface area (Å²) in [6.45, 7) is 6.66. The van der Waals surface area contributed by atoms with Gasteiger partial charge in [0.15, 0.2) is 0 Å². The molecule has 6 nitrogen and oxygen atoms in total. The van der Waals surface area contributed by atoms with Gasteiger partial charge in [-0.2, -0.15) is 0 Å². The fourth-order valence-electron chi connectivity index (χ4n) is 2.60. The zero-order valence-electron chi connectivity index (χ0n) is 15.1. The van der Waals surface area contributed by atoms with Crippen molar-refractivity contribution in [3.8, 4) is 0 Å². The van der Waals surface area contributed by atoms with Crippen molar-refractivity contribution in [2.24, 2.45) is 0 Å². The van der Waals surface area contributed by atoms with Gasteiger partial charge in [-0.1, -0.05) is 18.9 Å². The maximum Gasteiger partial charge on any atom is 0.408 e. The zero-order valence-corrected chi connectivity index (χ0v) is 15.1. The van der Waals surface area contributed by atoms with E-state index in [4.69, 9.17) is 4.74 Å². The summed E-state index contributed by atoms with van der Waals surface area (Å²) in [6.07, 6.45) is 6.73. The third-order valence-corrected chi connectivity index (χ3v) is 3.67. The first-order valence-corrected chi connectivity index (χ1v) is 8.22. The number of alkyl carbamates (subject to hydrolysis) is 1. The van der Waals surface area contributed by atoms with Crippen molar-refractivity contribution in [2.45, 2.75) is 57.6 Å². The van der Waals surface area contributed by atoms with E-state index < -0.39 is 17.2 Å². The fraction of sp³-hybridized carbons (Fsp3) is 0.765. The third-order valence-electron chi connectivity index (χ3n) is 3.67. The summed E-state index contributed by atoms with van der Waals surface area (Å²) in [6, 6.07) is 0. The predicted octanol–water partition coefficient (Wildman–Crippen LogP) is 2.06. The minimum absolute atomic E-state index is 0.135. The van der Waals surface area contributed by atoms with Crippen LogP contribution in [-0.4, -0.2) is 55.2 Å². The molecule has 2 N–H and O–H groups in total. The van der Waals surface area contributed by atoms with E-state index in [0.29, 0.717) is 13.1 Å².